The minimum atomic E-state index is -3.19. The van der Waals surface area contributed by atoms with E-state index >= 15 is 0 Å². The smallest absolute Gasteiger partial charge is 0.287 e. The summed E-state index contributed by atoms with van der Waals surface area (Å²) < 4.78 is 25.4. The lowest BCUT2D eigenvalue weighted by Gasteiger charge is -2.16. The molecular weight excluding hydrogens is 226 g/mol. The number of benzene rings is 1. The molecule has 0 atom stereocenters. The Morgan fingerprint density at radius 3 is 2.67 bits per heavy atom. The van der Waals surface area contributed by atoms with Crippen LogP contribution >= 0.6 is 11.6 Å². The highest BCUT2D eigenvalue weighted by Gasteiger charge is 2.27. The number of hydrogen-bond acceptors (Lipinski definition) is 3. The zero-order valence-corrected chi connectivity index (χ0v) is 8.56. The van der Waals surface area contributed by atoms with Crippen molar-refractivity contribution in [3.63, 3.8) is 0 Å². The molecule has 0 saturated carbocycles. The molecule has 3 nitrogen and oxygen atoms in total. The van der Waals surface area contributed by atoms with Crippen LogP contribution in [0, 0.1) is 0 Å². The predicted molar refractivity (Wildman–Crippen MR) is 56.4 cm³/mol. The number of aliphatic hydroxyl groups is 1. The molecule has 0 aliphatic heterocycles. The molecule has 0 saturated heterocycles. The Labute approximate surface area is 90.8 Å². The molecule has 0 bridgehead atoms. The number of para-hydroxylation sites is 1. The van der Waals surface area contributed by atoms with E-state index in [-0.39, 0.29) is 16.4 Å². The maximum absolute atomic E-state index is 12.7. The van der Waals surface area contributed by atoms with Crippen LogP contribution in [0.5, 0.6) is 0 Å². The fourth-order valence-electron chi connectivity index (χ4n) is 1.00. The Hall–Kier alpha value is -1.07. The van der Waals surface area contributed by atoms with Gasteiger partial charge in [0.2, 0.25) is 0 Å². The Morgan fingerprint density at radius 2 is 2.13 bits per heavy atom. The van der Waals surface area contributed by atoms with Gasteiger partial charge in [-0.15, -0.1) is 0 Å². The maximum Gasteiger partial charge on any atom is 0.287 e. The molecule has 1 aromatic rings. The molecule has 0 aliphatic rings. The van der Waals surface area contributed by atoms with Crippen LogP contribution in [0.15, 0.2) is 18.2 Å². The van der Waals surface area contributed by atoms with Gasteiger partial charge < -0.3 is 16.2 Å². The third kappa shape index (κ3) is 3.21. The molecule has 15 heavy (non-hydrogen) atoms. The Kier molecular flexibility index (Phi) is 3.71. The fraction of sp³-hybridized carbons (Fsp3) is 0.333. The van der Waals surface area contributed by atoms with E-state index in [1.165, 1.54) is 6.07 Å². The van der Waals surface area contributed by atoms with E-state index in [1.807, 2.05) is 0 Å². The van der Waals surface area contributed by atoms with Crippen LogP contribution in [0.1, 0.15) is 0 Å². The molecule has 0 fully saturated rings. The van der Waals surface area contributed by atoms with E-state index in [2.05, 4.69) is 5.32 Å². The zero-order valence-electron chi connectivity index (χ0n) is 7.80. The zero-order chi connectivity index (χ0) is 11.5. The van der Waals surface area contributed by atoms with Gasteiger partial charge in [0.25, 0.3) is 5.92 Å². The van der Waals surface area contributed by atoms with Crippen molar-refractivity contribution in [1.29, 1.82) is 0 Å². The summed E-state index contributed by atoms with van der Waals surface area (Å²) in [7, 11) is 0. The van der Waals surface area contributed by atoms with Gasteiger partial charge in [0.15, 0.2) is 0 Å². The minimum Gasteiger partial charge on any atom is -0.397 e. The summed E-state index contributed by atoms with van der Waals surface area (Å²) in [6.45, 7) is -1.93. The quantitative estimate of drug-likeness (QED) is 0.701. The van der Waals surface area contributed by atoms with E-state index in [1.54, 1.807) is 12.1 Å². The highest BCUT2D eigenvalue weighted by Crippen LogP contribution is 2.28. The second-order valence-corrected chi connectivity index (χ2v) is 3.48. The lowest BCUT2D eigenvalue weighted by atomic mass is 10.2. The first-order valence-electron chi connectivity index (χ1n) is 4.23. The van der Waals surface area contributed by atoms with Gasteiger partial charge in [-0.1, -0.05) is 17.7 Å². The summed E-state index contributed by atoms with van der Waals surface area (Å²) in [5, 5.41) is 11.0. The summed E-state index contributed by atoms with van der Waals surface area (Å²) in [6, 6.07) is 4.70. The van der Waals surface area contributed by atoms with Gasteiger partial charge in [-0.3, -0.25) is 0 Å². The van der Waals surface area contributed by atoms with Gasteiger partial charge in [0.1, 0.15) is 6.61 Å². The predicted octanol–water partition coefficient (Wildman–Crippen LogP) is 1.96. The summed E-state index contributed by atoms with van der Waals surface area (Å²) in [6.07, 6.45) is 0. The third-order valence-corrected chi connectivity index (χ3v) is 2.12. The van der Waals surface area contributed by atoms with E-state index in [0.29, 0.717) is 0 Å². The summed E-state index contributed by atoms with van der Waals surface area (Å²) in [5.41, 5.74) is 6.08. The second kappa shape index (κ2) is 4.63. The molecule has 0 radical (unpaired) electrons. The molecule has 4 N–H and O–H groups in total. The van der Waals surface area contributed by atoms with Crippen molar-refractivity contribution < 1.29 is 13.9 Å². The van der Waals surface area contributed by atoms with Gasteiger partial charge in [-0.2, -0.15) is 0 Å². The standard InChI is InChI=1S/C9H11ClF2N2O/c10-6-2-1-3-7(13)8(6)14-4-9(11,12)5-15/h1-3,14-15H,4-5,13H2. The van der Waals surface area contributed by atoms with Gasteiger partial charge in [-0.05, 0) is 12.1 Å². The monoisotopic (exact) mass is 236 g/mol. The molecule has 0 unspecified atom stereocenters. The largest absolute Gasteiger partial charge is 0.397 e. The van der Waals surface area contributed by atoms with Crippen LogP contribution in [0.25, 0.3) is 0 Å². The van der Waals surface area contributed by atoms with Gasteiger partial charge in [0, 0.05) is 0 Å². The molecule has 1 rings (SSSR count). The van der Waals surface area contributed by atoms with Gasteiger partial charge in [0.05, 0.1) is 22.9 Å². The van der Waals surface area contributed by atoms with Crippen LogP contribution in [0.3, 0.4) is 0 Å². The molecule has 84 valence electrons. The highest BCUT2D eigenvalue weighted by molar-refractivity contribution is 6.33. The number of nitrogens with two attached hydrogens (primary N) is 1. The average Bonchev–Trinajstić information content (AvgIpc) is 2.17. The van der Waals surface area contributed by atoms with Crippen molar-refractivity contribution in [3.05, 3.63) is 23.2 Å². The number of alkyl halides is 2. The van der Waals surface area contributed by atoms with Crippen LogP contribution in [-0.2, 0) is 0 Å². The summed E-state index contributed by atoms with van der Waals surface area (Å²) in [5.74, 6) is -3.19. The third-order valence-electron chi connectivity index (χ3n) is 1.80. The Balaban J connectivity index is 2.73. The molecular formula is C9H11ClF2N2O. The average molecular weight is 237 g/mol. The topological polar surface area (TPSA) is 58.3 Å². The van der Waals surface area contributed by atoms with E-state index in [9.17, 15) is 8.78 Å². The van der Waals surface area contributed by atoms with Crippen molar-refractivity contribution >= 4 is 23.0 Å². The first-order valence-corrected chi connectivity index (χ1v) is 4.60. The number of nitrogens with one attached hydrogen (secondary N) is 1. The van der Waals surface area contributed by atoms with Gasteiger partial charge in [-0.25, -0.2) is 8.78 Å². The van der Waals surface area contributed by atoms with Crippen LogP contribution in [-0.4, -0.2) is 24.2 Å². The van der Waals surface area contributed by atoms with E-state index < -0.39 is 19.1 Å². The summed E-state index contributed by atoms with van der Waals surface area (Å²) >= 11 is 5.75. The molecule has 0 heterocycles. The van der Waals surface area contributed by atoms with Gasteiger partial charge >= 0.3 is 0 Å². The summed E-state index contributed by atoms with van der Waals surface area (Å²) in [4.78, 5) is 0. The Morgan fingerprint density at radius 1 is 1.47 bits per heavy atom. The molecule has 0 spiro atoms. The normalized spacial score (nSPS) is 11.5. The number of anilines is 2. The number of hydrogen-bond donors (Lipinski definition) is 3. The second-order valence-electron chi connectivity index (χ2n) is 3.07. The first kappa shape index (κ1) is 12.0. The molecule has 0 amide bonds. The number of nitrogen functional groups attached to an aromatic ring is 1. The number of halogens is 3. The van der Waals surface area contributed by atoms with E-state index in [4.69, 9.17) is 22.4 Å². The first-order chi connectivity index (χ1) is 6.96. The number of rotatable bonds is 4. The SMILES string of the molecule is Nc1cccc(Cl)c1NCC(F)(F)CO. The van der Waals surface area contributed by atoms with Crippen LogP contribution in [0.2, 0.25) is 5.02 Å². The molecule has 1 aromatic carbocycles. The van der Waals surface area contributed by atoms with Crippen molar-refractivity contribution in [1.82, 2.24) is 0 Å². The van der Waals surface area contributed by atoms with Crippen LogP contribution < -0.4 is 11.1 Å². The lowest BCUT2D eigenvalue weighted by Crippen LogP contribution is -2.31. The number of aliphatic hydroxyl groups excluding tert-OH is 1. The molecule has 6 heteroatoms. The minimum absolute atomic E-state index is 0.257. The lowest BCUT2D eigenvalue weighted by molar-refractivity contribution is -0.0372. The highest BCUT2D eigenvalue weighted by atomic mass is 35.5. The van der Waals surface area contributed by atoms with Crippen LogP contribution in [0.4, 0.5) is 20.2 Å². The van der Waals surface area contributed by atoms with E-state index in [0.717, 1.165) is 0 Å². The van der Waals surface area contributed by atoms with Crippen molar-refractivity contribution in [2.45, 2.75) is 5.92 Å². The van der Waals surface area contributed by atoms with Crippen molar-refractivity contribution in [3.8, 4) is 0 Å². The molecule has 0 aliphatic carbocycles. The maximum atomic E-state index is 12.7. The molecule has 0 aromatic heterocycles. The Bertz CT molecular complexity index is 327. The van der Waals surface area contributed by atoms with Crippen molar-refractivity contribution in [2.75, 3.05) is 24.2 Å². The van der Waals surface area contributed by atoms with Crippen molar-refractivity contribution in [2.24, 2.45) is 0 Å². The fourth-order valence-corrected chi connectivity index (χ4v) is 1.25.